The van der Waals surface area contributed by atoms with Crippen LogP contribution in [0.15, 0.2) is 34.8 Å². The number of hydrogen-bond acceptors (Lipinski definition) is 7. The van der Waals surface area contributed by atoms with Gasteiger partial charge in [0, 0.05) is 57.2 Å². The highest BCUT2D eigenvalue weighted by atomic mass is 127. The highest BCUT2D eigenvalue weighted by Crippen LogP contribution is 2.23. The molecule has 9 nitrogen and oxygen atoms in total. The molecular weight excluding hydrogens is 672 g/mol. The van der Waals surface area contributed by atoms with Crippen LogP contribution in [0.3, 0.4) is 0 Å². The largest absolute Gasteiger partial charge is 0.389 e. The summed E-state index contributed by atoms with van der Waals surface area (Å²) in [6, 6.07) is 4.09. The van der Waals surface area contributed by atoms with Gasteiger partial charge >= 0.3 is 6.03 Å². The van der Waals surface area contributed by atoms with Crippen molar-refractivity contribution in [3.8, 4) is 0 Å². The minimum absolute atomic E-state index is 0.0596. The summed E-state index contributed by atoms with van der Waals surface area (Å²) in [5.74, 6) is -0.242. The fraction of sp³-hybridized carbons (Fsp3) is 0.500. The van der Waals surface area contributed by atoms with E-state index < -0.39 is 0 Å². The van der Waals surface area contributed by atoms with Crippen LogP contribution < -0.4 is 19.5 Å². The van der Waals surface area contributed by atoms with Crippen molar-refractivity contribution in [2.24, 2.45) is 0 Å². The first-order valence-electron chi connectivity index (χ1n) is 12.9. The van der Waals surface area contributed by atoms with Crippen LogP contribution in [0.2, 0.25) is 10.3 Å². The fourth-order valence-electron chi connectivity index (χ4n) is 4.67. The van der Waals surface area contributed by atoms with Gasteiger partial charge in [-0.1, -0.05) is 23.2 Å². The van der Waals surface area contributed by atoms with E-state index in [9.17, 15) is 9.59 Å². The van der Waals surface area contributed by atoms with E-state index in [-0.39, 0.29) is 34.3 Å². The van der Waals surface area contributed by atoms with Crippen LogP contribution in [0.5, 0.6) is 0 Å². The molecule has 1 aliphatic rings. The highest BCUT2D eigenvalue weighted by molar-refractivity contribution is 14.1. The summed E-state index contributed by atoms with van der Waals surface area (Å²) in [7, 11) is 1.84. The molecule has 3 amide bonds. The molecule has 2 aromatic rings. The SMILES string of the molecule is CN/C(=C\NI)CNC(=O)N(Cc1ccsc1)C1CCN([C@H](C)CCNC(=O)c2c(C)cc(Cl)nc2Cl)CC1. The number of halogens is 3. The molecule has 0 aliphatic carbocycles. The topological polar surface area (TPSA) is 102 Å². The van der Waals surface area contributed by atoms with Crippen molar-refractivity contribution in [3.63, 3.8) is 0 Å². The molecule has 3 heterocycles. The van der Waals surface area contributed by atoms with E-state index in [1.54, 1.807) is 24.3 Å². The molecule has 214 valence electrons. The molecule has 2 aromatic heterocycles. The molecule has 0 aromatic carbocycles. The molecule has 13 heteroatoms. The molecule has 0 unspecified atom stereocenters. The van der Waals surface area contributed by atoms with Crippen LogP contribution in [0.4, 0.5) is 4.79 Å². The van der Waals surface area contributed by atoms with E-state index in [2.05, 4.69) is 47.7 Å². The molecule has 1 saturated heterocycles. The number of carbonyl (C=O) groups excluding carboxylic acids is 2. The van der Waals surface area contributed by atoms with E-state index in [1.807, 2.05) is 46.4 Å². The van der Waals surface area contributed by atoms with Gasteiger partial charge in [-0.25, -0.2) is 9.78 Å². The molecule has 39 heavy (non-hydrogen) atoms. The average Bonchev–Trinajstić information content (AvgIpc) is 3.42. The van der Waals surface area contributed by atoms with E-state index in [1.165, 1.54) is 0 Å². The van der Waals surface area contributed by atoms with Crippen molar-refractivity contribution < 1.29 is 9.59 Å². The predicted octanol–water partition coefficient (Wildman–Crippen LogP) is 4.94. The number of urea groups is 1. The maximum Gasteiger partial charge on any atom is 0.318 e. The first kappa shape index (κ1) is 31.7. The second-order valence-corrected chi connectivity index (χ2v) is 11.7. The maximum absolute atomic E-state index is 13.3. The van der Waals surface area contributed by atoms with Crippen molar-refractivity contribution in [1.82, 2.24) is 34.3 Å². The summed E-state index contributed by atoms with van der Waals surface area (Å²) in [5.41, 5.74) is 3.10. The number of likely N-dealkylation sites (N-methyl/N-ethyl adjacent to an activating group) is 1. The molecule has 0 bridgehead atoms. The highest BCUT2D eigenvalue weighted by Gasteiger charge is 2.30. The third-order valence-electron chi connectivity index (χ3n) is 6.95. The van der Waals surface area contributed by atoms with Crippen molar-refractivity contribution in [2.45, 2.75) is 51.7 Å². The number of likely N-dealkylation sites (tertiary alicyclic amines) is 1. The Balaban J connectivity index is 1.52. The van der Waals surface area contributed by atoms with Crippen LogP contribution in [0, 0.1) is 6.92 Å². The number of nitrogens with zero attached hydrogens (tertiary/aromatic N) is 3. The molecule has 1 fully saturated rings. The molecule has 0 radical (unpaired) electrons. The molecule has 1 aliphatic heterocycles. The van der Waals surface area contributed by atoms with E-state index in [0.29, 0.717) is 30.8 Å². The number of thiophene rings is 1. The Labute approximate surface area is 258 Å². The molecule has 0 saturated carbocycles. The Kier molecular flexibility index (Phi) is 12.9. The number of rotatable bonds is 12. The number of aromatic nitrogens is 1. The number of piperidine rings is 1. The second-order valence-electron chi connectivity index (χ2n) is 9.54. The Hall–Kier alpha value is -1.80. The summed E-state index contributed by atoms with van der Waals surface area (Å²) >= 11 is 15.8. The zero-order valence-electron chi connectivity index (χ0n) is 22.4. The molecule has 3 rings (SSSR count). The normalized spacial score (nSPS) is 15.5. The quantitative estimate of drug-likeness (QED) is 0.142. The zero-order valence-corrected chi connectivity index (χ0v) is 26.9. The minimum atomic E-state index is -0.242. The average molecular weight is 708 g/mol. The van der Waals surface area contributed by atoms with Crippen molar-refractivity contribution in [2.75, 3.05) is 33.2 Å². The number of amides is 3. The molecule has 1 atom stereocenters. The first-order valence-corrected chi connectivity index (χ1v) is 15.6. The van der Waals surface area contributed by atoms with Crippen LogP contribution in [-0.4, -0.2) is 72.0 Å². The lowest BCUT2D eigenvalue weighted by molar-refractivity contribution is 0.0905. The fourth-order valence-corrected chi connectivity index (χ4v) is 6.32. The minimum Gasteiger partial charge on any atom is -0.389 e. The van der Waals surface area contributed by atoms with Crippen LogP contribution in [0.1, 0.15) is 47.7 Å². The lowest BCUT2D eigenvalue weighted by Crippen LogP contribution is -2.52. The van der Waals surface area contributed by atoms with Crippen molar-refractivity contribution in [1.29, 1.82) is 0 Å². The van der Waals surface area contributed by atoms with Crippen LogP contribution >= 0.6 is 57.4 Å². The second kappa shape index (κ2) is 15.8. The van der Waals surface area contributed by atoms with E-state index in [4.69, 9.17) is 23.2 Å². The standard InChI is InChI=1S/C26H36Cl2IN7O2S/c1-17-12-22(27)34-24(28)23(17)25(37)31-8-4-18(2)35-9-5-21(6-10-35)36(15-19-7-11-39-16-19)26(38)32-13-20(30-3)14-33-29/h7,11-12,14,16,18,21,30,33H,4-6,8-10,13,15H2,1-3H3,(H,31,37)(H,32,38)/b20-14-/t18-/m1/s1. The van der Waals surface area contributed by atoms with Crippen molar-refractivity contribution >= 4 is 69.3 Å². The van der Waals surface area contributed by atoms with Gasteiger partial charge in [-0.3, -0.25) is 4.79 Å². The third-order valence-corrected chi connectivity index (χ3v) is 8.46. The molecular formula is C26H36Cl2IN7O2S. The first-order chi connectivity index (χ1) is 18.7. The van der Waals surface area contributed by atoms with Gasteiger partial charge in [0.1, 0.15) is 10.3 Å². The monoisotopic (exact) mass is 707 g/mol. The third kappa shape index (κ3) is 9.38. The van der Waals surface area contributed by atoms with E-state index >= 15 is 0 Å². The summed E-state index contributed by atoms with van der Waals surface area (Å²) in [4.78, 5) is 34.3. The number of carbonyl (C=O) groups is 2. The smallest absolute Gasteiger partial charge is 0.318 e. The maximum atomic E-state index is 13.3. The van der Waals surface area contributed by atoms with E-state index in [0.717, 1.165) is 43.6 Å². The lowest BCUT2D eigenvalue weighted by atomic mass is 10.0. The summed E-state index contributed by atoms with van der Waals surface area (Å²) in [6.07, 6.45) is 4.42. The summed E-state index contributed by atoms with van der Waals surface area (Å²) in [5, 5.41) is 13.7. The number of aryl methyl sites for hydroxylation is 1. The van der Waals surface area contributed by atoms with Gasteiger partial charge in [0.25, 0.3) is 5.91 Å². The number of hydrogen-bond donors (Lipinski definition) is 4. The predicted molar refractivity (Wildman–Crippen MR) is 168 cm³/mol. The van der Waals surface area contributed by atoms with Crippen LogP contribution in [-0.2, 0) is 6.54 Å². The van der Waals surface area contributed by atoms with Gasteiger partial charge in [-0.15, -0.1) is 0 Å². The van der Waals surface area contributed by atoms with Gasteiger partial charge in [-0.2, -0.15) is 11.3 Å². The Morgan fingerprint density at radius 3 is 2.67 bits per heavy atom. The van der Waals surface area contributed by atoms with Gasteiger partial charge in [-0.05, 0) is 67.1 Å². The van der Waals surface area contributed by atoms with Crippen molar-refractivity contribution in [3.05, 3.63) is 61.8 Å². The van der Waals surface area contributed by atoms with Gasteiger partial charge in [0.15, 0.2) is 0 Å². The van der Waals surface area contributed by atoms with Crippen LogP contribution in [0.25, 0.3) is 0 Å². The van der Waals surface area contributed by atoms with Gasteiger partial charge in [0.05, 0.1) is 35.0 Å². The molecule has 0 spiro atoms. The molecule has 4 N–H and O–H groups in total. The van der Waals surface area contributed by atoms with Gasteiger partial charge in [0.2, 0.25) is 0 Å². The number of nitrogens with one attached hydrogen (secondary N) is 4. The summed E-state index contributed by atoms with van der Waals surface area (Å²) < 4.78 is 2.96. The number of pyridine rings is 1. The summed E-state index contributed by atoms with van der Waals surface area (Å²) in [6.45, 7) is 7.28. The Morgan fingerprint density at radius 2 is 2.05 bits per heavy atom. The Morgan fingerprint density at radius 1 is 1.31 bits per heavy atom. The zero-order chi connectivity index (χ0) is 28.4. The Bertz CT molecular complexity index is 1100. The lowest BCUT2D eigenvalue weighted by Gasteiger charge is -2.40. The van der Waals surface area contributed by atoms with Gasteiger partial charge < -0.3 is 29.3 Å².